The molecule has 0 radical (unpaired) electrons. The van der Waals surface area contributed by atoms with Crippen LogP contribution in [0.15, 0.2) is 30.7 Å². The van der Waals surface area contributed by atoms with Gasteiger partial charge in [0.15, 0.2) is 5.78 Å². The van der Waals surface area contributed by atoms with Gasteiger partial charge in [0.25, 0.3) is 0 Å². The van der Waals surface area contributed by atoms with Gasteiger partial charge in [0.05, 0.1) is 30.0 Å². The minimum Gasteiger partial charge on any atom is -0.307 e. The van der Waals surface area contributed by atoms with Crippen molar-refractivity contribution in [2.24, 2.45) is 7.05 Å². The van der Waals surface area contributed by atoms with Crippen LogP contribution in [0.2, 0.25) is 0 Å². The number of hydrogen-bond donors (Lipinski definition) is 1. The number of carbonyl (C=O) groups excluding carboxylic acids is 1. The van der Waals surface area contributed by atoms with Crippen LogP contribution in [0.25, 0.3) is 22.0 Å². The monoisotopic (exact) mass is 418 g/mol. The summed E-state index contributed by atoms with van der Waals surface area (Å²) in [4.78, 5) is 24.3. The number of likely N-dealkylation sites (tertiary alicyclic amines) is 1. The van der Waals surface area contributed by atoms with E-state index in [4.69, 9.17) is 4.98 Å². The summed E-state index contributed by atoms with van der Waals surface area (Å²) in [6, 6.07) is 4.13. The van der Waals surface area contributed by atoms with Crippen LogP contribution in [0, 0.1) is 0 Å². The Kier molecular flexibility index (Phi) is 5.78. The quantitative estimate of drug-likeness (QED) is 0.663. The average molecular weight is 419 g/mol. The summed E-state index contributed by atoms with van der Waals surface area (Å²) in [6.45, 7) is 4.13. The number of Topliss-reactive ketones (excluding diaryl/α,β-unsaturated/α-hetero) is 1. The Bertz CT molecular complexity index is 1080. The third-order valence-electron chi connectivity index (χ3n) is 6.62. The number of aryl methyl sites for hydroxylation is 1. The molecule has 3 aromatic heterocycles. The highest BCUT2D eigenvalue weighted by atomic mass is 16.1. The third-order valence-corrected chi connectivity index (χ3v) is 6.62. The summed E-state index contributed by atoms with van der Waals surface area (Å²) in [5, 5.41) is 9.86. The number of aromatic nitrogens is 4. The van der Waals surface area contributed by atoms with Crippen LogP contribution in [-0.4, -0.2) is 56.1 Å². The van der Waals surface area contributed by atoms with Gasteiger partial charge in [-0.2, -0.15) is 5.10 Å². The molecule has 5 heterocycles. The van der Waals surface area contributed by atoms with E-state index in [1.165, 1.54) is 25.0 Å². The number of nitrogens with one attached hydrogen (secondary N) is 1. The maximum Gasteiger partial charge on any atom is 0.155 e. The first-order chi connectivity index (χ1) is 15.2. The van der Waals surface area contributed by atoms with Gasteiger partial charge in [-0.25, -0.2) is 0 Å². The molecule has 0 saturated carbocycles. The van der Waals surface area contributed by atoms with Gasteiger partial charge in [-0.05, 0) is 62.8 Å². The van der Waals surface area contributed by atoms with Crippen molar-refractivity contribution in [3.05, 3.63) is 42.1 Å². The highest BCUT2D eigenvalue weighted by Gasteiger charge is 2.22. The van der Waals surface area contributed by atoms with Crippen molar-refractivity contribution < 1.29 is 4.79 Å². The standard InChI is InChI=1S/C24H30N6O/c1-29-23(16-30-8-3-2-4-9-30)20(15-28-29)22-11-17-10-19(26-13-18(17)14-27-22)12-24(31)21-6-5-7-25-21/h10-11,13-15,21,25H,2-9,12,16H2,1H3/t21-/m1/s1. The molecule has 0 aromatic carbocycles. The fourth-order valence-corrected chi connectivity index (χ4v) is 4.78. The Balaban J connectivity index is 1.41. The van der Waals surface area contributed by atoms with Crippen LogP contribution in [0.5, 0.6) is 0 Å². The summed E-state index contributed by atoms with van der Waals surface area (Å²) in [5.74, 6) is 0.231. The van der Waals surface area contributed by atoms with Gasteiger partial charge in [-0.3, -0.25) is 24.3 Å². The van der Waals surface area contributed by atoms with E-state index in [9.17, 15) is 4.79 Å². The van der Waals surface area contributed by atoms with Crippen LogP contribution in [0.3, 0.4) is 0 Å². The molecule has 2 aliphatic heterocycles. The van der Waals surface area contributed by atoms with E-state index >= 15 is 0 Å². The van der Waals surface area contributed by atoms with Crippen LogP contribution < -0.4 is 5.32 Å². The van der Waals surface area contributed by atoms with E-state index in [-0.39, 0.29) is 11.8 Å². The fraction of sp³-hybridized carbons (Fsp3) is 0.500. The van der Waals surface area contributed by atoms with E-state index < -0.39 is 0 Å². The summed E-state index contributed by atoms with van der Waals surface area (Å²) >= 11 is 0. The normalized spacial score (nSPS) is 19.8. The van der Waals surface area contributed by atoms with E-state index in [1.54, 1.807) is 0 Å². The van der Waals surface area contributed by atoms with Crippen LogP contribution >= 0.6 is 0 Å². The predicted octanol–water partition coefficient (Wildman–Crippen LogP) is 2.88. The van der Waals surface area contributed by atoms with Crippen molar-refractivity contribution in [1.82, 2.24) is 30.0 Å². The second-order valence-electron chi connectivity index (χ2n) is 8.85. The third kappa shape index (κ3) is 4.38. The molecule has 162 valence electrons. The fourth-order valence-electron chi connectivity index (χ4n) is 4.78. The average Bonchev–Trinajstić information content (AvgIpc) is 3.45. The molecule has 0 unspecified atom stereocenters. The highest BCUT2D eigenvalue weighted by molar-refractivity contribution is 5.88. The first-order valence-electron chi connectivity index (χ1n) is 11.4. The lowest BCUT2D eigenvalue weighted by molar-refractivity contribution is -0.120. The minimum absolute atomic E-state index is 0.0155. The first kappa shape index (κ1) is 20.3. The van der Waals surface area contributed by atoms with E-state index in [0.717, 1.165) is 66.7 Å². The predicted molar refractivity (Wildman–Crippen MR) is 121 cm³/mol. The molecule has 2 saturated heterocycles. The number of hydrogen-bond acceptors (Lipinski definition) is 6. The van der Waals surface area contributed by atoms with Crippen molar-refractivity contribution in [1.29, 1.82) is 0 Å². The molecule has 3 aromatic rings. The molecule has 2 fully saturated rings. The zero-order chi connectivity index (χ0) is 21.2. The van der Waals surface area contributed by atoms with Crippen molar-refractivity contribution in [2.75, 3.05) is 19.6 Å². The van der Waals surface area contributed by atoms with Crippen LogP contribution in [-0.2, 0) is 24.8 Å². The zero-order valence-electron chi connectivity index (χ0n) is 18.2. The van der Waals surface area contributed by atoms with Crippen LogP contribution in [0.4, 0.5) is 0 Å². The van der Waals surface area contributed by atoms with Crippen molar-refractivity contribution in [2.45, 2.75) is 51.1 Å². The largest absolute Gasteiger partial charge is 0.307 e. The van der Waals surface area contributed by atoms with Gasteiger partial charge in [-0.15, -0.1) is 0 Å². The number of nitrogens with zero attached hydrogens (tertiary/aromatic N) is 5. The Labute approximate surface area is 182 Å². The number of carbonyl (C=O) groups is 1. The molecule has 7 nitrogen and oxygen atoms in total. The number of piperidine rings is 1. The van der Waals surface area contributed by atoms with Gasteiger partial charge >= 0.3 is 0 Å². The first-order valence-corrected chi connectivity index (χ1v) is 11.4. The zero-order valence-corrected chi connectivity index (χ0v) is 18.2. The van der Waals surface area contributed by atoms with Crippen molar-refractivity contribution >= 4 is 16.6 Å². The molecule has 0 amide bonds. The molecular weight excluding hydrogens is 388 g/mol. The second-order valence-corrected chi connectivity index (χ2v) is 8.85. The Morgan fingerprint density at radius 3 is 2.71 bits per heavy atom. The second kappa shape index (κ2) is 8.85. The number of pyridine rings is 2. The van der Waals surface area contributed by atoms with Gasteiger partial charge in [0.1, 0.15) is 0 Å². The number of fused-ring (bicyclic) bond motifs is 1. The molecule has 0 aliphatic carbocycles. The Morgan fingerprint density at radius 1 is 1.06 bits per heavy atom. The van der Waals surface area contributed by atoms with Crippen molar-refractivity contribution in [3.63, 3.8) is 0 Å². The molecule has 0 spiro atoms. The maximum absolute atomic E-state index is 12.5. The van der Waals surface area contributed by atoms with Crippen LogP contribution in [0.1, 0.15) is 43.5 Å². The lowest BCUT2D eigenvalue weighted by Crippen LogP contribution is -2.32. The lowest BCUT2D eigenvalue weighted by atomic mass is 10.0. The minimum atomic E-state index is -0.0155. The SMILES string of the molecule is Cn1ncc(-c2cc3cc(CC(=O)[C@H]4CCCN4)ncc3cn2)c1CN1CCCCC1. The lowest BCUT2D eigenvalue weighted by Gasteiger charge is -2.26. The highest BCUT2D eigenvalue weighted by Crippen LogP contribution is 2.27. The summed E-state index contributed by atoms with van der Waals surface area (Å²) in [7, 11) is 2.01. The molecule has 5 rings (SSSR count). The molecule has 0 bridgehead atoms. The van der Waals surface area contributed by atoms with Gasteiger partial charge < -0.3 is 5.32 Å². The topological polar surface area (TPSA) is 75.9 Å². The van der Waals surface area contributed by atoms with Crippen molar-refractivity contribution in [3.8, 4) is 11.3 Å². The summed E-state index contributed by atoms with van der Waals surface area (Å²) in [6.07, 6.45) is 11.9. The molecule has 1 N–H and O–H groups in total. The van der Waals surface area contributed by atoms with Gasteiger partial charge in [0.2, 0.25) is 0 Å². The van der Waals surface area contributed by atoms with E-state index in [1.807, 2.05) is 36.4 Å². The molecular formula is C24H30N6O. The molecule has 2 aliphatic rings. The smallest absolute Gasteiger partial charge is 0.155 e. The summed E-state index contributed by atoms with van der Waals surface area (Å²) < 4.78 is 1.97. The maximum atomic E-state index is 12.5. The Hall–Kier alpha value is -2.64. The molecule has 7 heteroatoms. The van der Waals surface area contributed by atoms with Gasteiger partial charge in [0, 0.05) is 42.6 Å². The Morgan fingerprint density at radius 2 is 1.90 bits per heavy atom. The summed E-state index contributed by atoms with van der Waals surface area (Å²) in [5.41, 5.74) is 4.03. The van der Waals surface area contributed by atoms with Gasteiger partial charge in [-0.1, -0.05) is 6.42 Å². The van der Waals surface area contributed by atoms with E-state index in [0.29, 0.717) is 6.42 Å². The molecule has 31 heavy (non-hydrogen) atoms. The molecule has 1 atom stereocenters. The number of rotatable bonds is 6. The number of ketones is 1. The van der Waals surface area contributed by atoms with E-state index in [2.05, 4.69) is 26.4 Å².